The molecule has 29 heavy (non-hydrogen) atoms. The minimum atomic E-state index is -0.390. The number of carbonyl (C=O) groups excluding carboxylic acids is 1. The smallest absolute Gasteiger partial charge is 0.306 e. The molecule has 0 saturated carbocycles. The van der Waals surface area contributed by atoms with Crippen LogP contribution in [0.15, 0.2) is 51.3 Å². The predicted octanol–water partition coefficient (Wildman–Crippen LogP) is 3.34. The highest BCUT2D eigenvalue weighted by Crippen LogP contribution is 2.23. The van der Waals surface area contributed by atoms with Crippen LogP contribution in [0.3, 0.4) is 0 Å². The molecule has 148 valence electrons. The highest BCUT2D eigenvalue weighted by atomic mass is 32.1. The molecule has 0 unspecified atom stereocenters. The third kappa shape index (κ3) is 4.24. The van der Waals surface area contributed by atoms with Crippen molar-refractivity contribution in [2.24, 2.45) is 0 Å². The second-order valence-corrected chi connectivity index (χ2v) is 7.40. The van der Waals surface area contributed by atoms with Gasteiger partial charge in [-0.15, -0.1) is 21.5 Å². The lowest BCUT2D eigenvalue weighted by molar-refractivity contribution is -0.145. The van der Waals surface area contributed by atoms with Gasteiger partial charge in [0.25, 0.3) is 17.3 Å². The average molecular weight is 410 g/mol. The summed E-state index contributed by atoms with van der Waals surface area (Å²) in [7, 11) is 0. The Morgan fingerprint density at radius 3 is 2.97 bits per heavy atom. The van der Waals surface area contributed by atoms with Crippen molar-refractivity contribution >= 4 is 28.2 Å². The predicted molar refractivity (Wildman–Crippen MR) is 107 cm³/mol. The maximum absolute atomic E-state index is 12.5. The Bertz CT molecular complexity index is 1200. The number of aromatic nitrogens is 4. The molecule has 4 rings (SSSR count). The summed E-state index contributed by atoms with van der Waals surface area (Å²) in [6, 6.07) is 9.28. The minimum absolute atomic E-state index is 0.0754. The van der Waals surface area contributed by atoms with Crippen LogP contribution in [0.25, 0.3) is 21.7 Å². The zero-order valence-corrected chi connectivity index (χ0v) is 16.5. The minimum Gasteiger partial charge on any atom is -0.456 e. The molecule has 0 spiro atoms. The molecule has 1 aromatic carbocycles. The molecule has 0 aliphatic carbocycles. The van der Waals surface area contributed by atoms with E-state index < -0.39 is 5.97 Å². The number of rotatable bonds is 7. The Labute approximate surface area is 169 Å². The summed E-state index contributed by atoms with van der Waals surface area (Å²) in [6.07, 6.45) is 2.15. The van der Waals surface area contributed by atoms with Gasteiger partial charge in [-0.1, -0.05) is 18.2 Å². The molecule has 0 N–H and O–H groups in total. The Balaban J connectivity index is 1.29. The second kappa shape index (κ2) is 8.36. The SMILES string of the molecule is Cc1cccc2c(=O)n(CCCC(=O)OCc3nnc(-c4cccs4)o3)cnc12. The number of esters is 1. The third-order valence-corrected chi connectivity index (χ3v) is 5.25. The van der Waals surface area contributed by atoms with E-state index in [1.54, 1.807) is 6.07 Å². The zero-order valence-electron chi connectivity index (χ0n) is 15.7. The molecule has 0 atom stereocenters. The van der Waals surface area contributed by atoms with E-state index in [1.165, 1.54) is 22.2 Å². The van der Waals surface area contributed by atoms with Gasteiger partial charge in [-0.3, -0.25) is 14.2 Å². The number of carbonyl (C=O) groups is 1. The summed E-state index contributed by atoms with van der Waals surface area (Å²) in [4.78, 5) is 29.7. The zero-order chi connectivity index (χ0) is 20.2. The van der Waals surface area contributed by atoms with E-state index in [0.717, 1.165) is 10.4 Å². The normalized spacial score (nSPS) is 11.1. The Morgan fingerprint density at radius 1 is 1.24 bits per heavy atom. The highest BCUT2D eigenvalue weighted by molar-refractivity contribution is 7.13. The van der Waals surface area contributed by atoms with Crippen molar-refractivity contribution in [2.45, 2.75) is 32.9 Å². The van der Waals surface area contributed by atoms with E-state index in [1.807, 2.05) is 36.6 Å². The van der Waals surface area contributed by atoms with Gasteiger partial charge in [-0.2, -0.15) is 0 Å². The molecule has 9 heteroatoms. The summed E-state index contributed by atoms with van der Waals surface area (Å²) in [6.45, 7) is 2.23. The standard InChI is InChI=1S/C20H18N4O4S/c1-13-5-2-6-14-18(13)21-12-24(20(14)26)9-3-8-17(25)27-11-16-22-23-19(28-16)15-7-4-10-29-15/h2,4-7,10,12H,3,8-9,11H2,1H3. The van der Waals surface area contributed by atoms with Gasteiger partial charge in [0, 0.05) is 13.0 Å². The first-order valence-corrected chi connectivity index (χ1v) is 9.96. The van der Waals surface area contributed by atoms with Gasteiger partial charge in [0.15, 0.2) is 6.61 Å². The Kier molecular flexibility index (Phi) is 5.48. The van der Waals surface area contributed by atoms with Crippen LogP contribution >= 0.6 is 11.3 Å². The maximum Gasteiger partial charge on any atom is 0.306 e. The topological polar surface area (TPSA) is 100 Å². The van der Waals surface area contributed by atoms with Gasteiger partial charge < -0.3 is 9.15 Å². The monoisotopic (exact) mass is 410 g/mol. The van der Waals surface area contributed by atoms with Gasteiger partial charge in [-0.25, -0.2) is 4.98 Å². The summed E-state index contributed by atoms with van der Waals surface area (Å²) in [5.74, 6) is 0.259. The summed E-state index contributed by atoms with van der Waals surface area (Å²) < 4.78 is 12.2. The van der Waals surface area contributed by atoms with E-state index in [0.29, 0.717) is 29.8 Å². The molecular weight excluding hydrogens is 392 g/mol. The van der Waals surface area contributed by atoms with Crippen molar-refractivity contribution < 1.29 is 13.9 Å². The van der Waals surface area contributed by atoms with Crippen LogP contribution in [-0.4, -0.2) is 25.7 Å². The number of para-hydroxylation sites is 1. The van der Waals surface area contributed by atoms with Crippen LogP contribution in [0.1, 0.15) is 24.3 Å². The third-order valence-electron chi connectivity index (χ3n) is 4.39. The van der Waals surface area contributed by atoms with Crippen LogP contribution < -0.4 is 5.56 Å². The van der Waals surface area contributed by atoms with E-state index in [2.05, 4.69) is 15.2 Å². The number of thiophene rings is 1. The number of hydrogen-bond acceptors (Lipinski definition) is 8. The van der Waals surface area contributed by atoms with Crippen LogP contribution in [0.5, 0.6) is 0 Å². The quantitative estimate of drug-likeness (QED) is 0.431. The van der Waals surface area contributed by atoms with E-state index in [-0.39, 0.29) is 24.5 Å². The Morgan fingerprint density at radius 2 is 2.14 bits per heavy atom. The maximum atomic E-state index is 12.5. The van der Waals surface area contributed by atoms with Crippen LogP contribution in [-0.2, 0) is 22.7 Å². The fourth-order valence-corrected chi connectivity index (χ4v) is 3.56. The number of nitrogens with zero attached hydrogens (tertiary/aromatic N) is 4. The van der Waals surface area contributed by atoms with E-state index in [9.17, 15) is 9.59 Å². The summed E-state index contributed by atoms with van der Waals surface area (Å²) >= 11 is 1.49. The fourth-order valence-electron chi connectivity index (χ4n) is 2.92. The van der Waals surface area contributed by atoms with Gasteiger partial charge in [-0.05, 0) is 36.4 Å². The number of aryl methyl sites for hydroxylation is 2. The van der Waals surface area contributed by atoms with Crippen LogP contribution in [0.2, 0.25) is 0 Å². The lowest BCUT2D eigenvalue weighted by Crippen LogP contribution is -2.21. The molecule has 3 heterocycles. The first kappa shape index (κ1) is 19.0. The van der Waals surface area contributed by atoms with Crippen molar-refractivity contribution in [1.29, 1.82) is 0 Å². The van der Waals surface area contributed by atoms with Crippen molar-refractivity contribution in [2.75, 3.05) is 0 Å². The summed E-state index contributed by atoms with van der Waals surface area (Å²) in [5, 5.41) is 10.3. The van der Waals surface area contributed by atoms with Crippen molar-refractivity contribution in [3.63, 3.8) is 0 Å². The van der Waals surface area contributed by atoms with Gasteiger partial charge >= 0.3 is 5.97 Å². The molecule has 0 amide bonds. The number of ether oxygens (including phenoxy) is 1. The van der Waals surface area contributed by atoms with E-state index in [4.69, 9.17) is 9.15 Å². The first-order chi connectivity index (χ1) is 14.1. The molecule has 0 radical (unpaired) electrons. The van der Waals surface area contributed by atoms with Crippen molar-refractivity contribution in [1.82, 2.24) is 19.7 Å². The van der Waals surface area contributed by atoms with Gasteiger partial charge in [0.2, 0.25) is 0 Å². The molecule has 0 fully saturated rings. The largest absolute Gasteiger partial charge is 0.456 e. The Hall–Kier alpha value is -3.33. The van der Waals surface area contributed by atoms with Crippen molar-refractivity contribution in [3.05, 3.63) is 63.8 Å². The number of hydrogen-bond donors (Lipinski definition) is 0. The van der Waals surface area contributed by atoms with Gasteiger partial charge in [0.05, 0.1) is 22.1 Å². The molecule has 4 aromatic rings. The molecule has 8 nitrogen and oxygen atoms in total. The molecule has 3 aromatic heterocycles. The van der Waals surface area contributed by atoms with Crippen molar-refractivity contribution in [3.8, 4) is 10.8 Å². The van der Waals surface area contributed by atoms with E-state index >= 15 is 0 Å². The van der Waals surface area contributed by atoms with Gasteiger partial charge in [0.1, 0.15) is 0 Å². The molecule has 0 aliphatic rings. The lowest BCUT2D eigenvalue weighted by atomic mass is 10.1. The lowest BCUT2D eigenvalue weighted by Gasteiger charge is -2.07. The molecular formula is C20H18N4O4S. The molecule has 0 saturated heterocycles. The first-order valence-electron chi connectivity index (χ1n) is 9.08. The second-order valence-electron chi connectivity index (χ2n) is 6.46. The number of benzene rings is 1. The number of fused-ring (bicyclic) bond motifs is 1. The molecule has 0 bridgehead atoms. The average Bonchev–Trinajstić information content (AvgIpc) is 3.40. The molecule has 0 aliphatic heterocycles. The highest BCUT2D eigenvalue weighted by Gasteiger charge is 2.12. The van der Waals surface area contributed by atoms with Crippen LogP contribution in [0.4, 0.5) is 0 Å². The summed E-state index contributed by atoms with van der Waals surface area (Å²) in [5.41, 5.74) is 1.55. The fraction of sp³-hybridized carbons (Fsp3) is 0.250. The van der Waals surface area contributed by atoms with Crippen LogP contribution in [0, 0.1) is 6.92 Å².